The summed E-state index contributed by atoms with van der Waals surface area (Å²) in [6.45, 7) is 5.37. The summed E-state index contributed by atoms with van der Waals surface area (Å²) in [5.41, 5.74) is 1.11. The average Bonchev–Trinajstić information content (AvgIpc) is 2.86. The molecule has 1 aromatic rings. The largest absolute Gasteiger partial charge is 0.465 e. The molecule has 2 heterocycles. The van der Waals surface area contributed by atoms with Crippen LogP contribution >= 0.6 is 0 Å². The van der Waals surface area contributed by atoms with Gasteiger partial charge in [-0.2, -0.15) is 0 Å². The third-order valence-corrected chi connectivity index (χ3v) is 3.29. The van der Waals surface area contributed by atoms with Gasteiger partial charge in [0.2, 0.25) is 0 Å². The van der Waals surface area contributed by atoms with E-state index in [0.717, 1.165) is 12.2 Å². The third kappa shape index (κ3) is 2.89. The second-order valence-corrected chi connectivity index (χ2v) is 4.46. The molecule has 0 saturated heterocycles. The number of rotatable bonds is 3. The van der Waals surface area contributed by atoms with E-state index in [1.165, 1.54) is 0 Å². The maximum atomic E-state index is 12.0. The minimum Gasteiger partial charge on any atom is -0.465 e. The van der Waals surface area contributed by atoms with Crippen molar-refractivity contribution in [1.82, 2.24) is 14.8 Å². The standard InChI is InChI=1S/C13H19N3O3/c1-3-19-12(17)9-14-13(18)16-8-7-15-6-4-5-11(15)10(16)2/h4-6,10H,3,7-9H2,1-2H3,(H,14,18)/t10-/m0/s1. The first-order valence-corrected chi connectivity index (χ1v) is 6.48. The normalized spacial score (nSPS) is 17.8. The summed E-state index contributed by atoms with van der Waals surface area (Å²) in [5.74, 6) is -0.413. The molecule has 0 unspecified atom stereocenters. The van der Waals surface area contributed by atoms with Crippen LogP contribution in [0.2, 0.25) is 0 Å². The molecule has 0 fully saturated rings. The SMILES string of the molecule is CCOC(=O)CNC(=O)N1CCn2cccc2[C@@H]1C. The first-order valence-electron chi connectivity index (χ1n) is 6.48. The molecule has 0 spiro atoms. The fourth-order valence-electron chi connectivity index (χ4n) is 2.32. The van der Waals surface area contributed by atoms with Gasteiger partial charge in [-0.25, -0.2) is 4.79 Å². The van der Waals surface area contributed by atoms with Crippen LogP contribution in [-0.2, 0) is 16.1 Å². The highest BCUT2D eigenvalue weighted by atomic mass is 16.5. The van der Waals surface area contributed by atoms with Crippen LogP contribution in [0.15, 0.2) is 18.3 Å². The van der Waals surface area contributed by atoms with Crippen molar-refractivity contribution in [3.63, 3.8) is 0 Å². The lowest BCUT2D eigenvalue weighted by Crippen LogP contribution is -2.47. The summed E-state index contributed by atoms with van der Waals surface area (Å²) < 4.78 is 6.91. The Morgan fingerprint density at radius 1 is 1.47 bits per heavy atom. The maximum Gasteiger partial charge on any atom is 0.325 e. The van der Waals surface area contributed by atoms with E-state index in [0.29, 0.717) is 13.2 Å². The minimum absolute atomic E-state index is 0.00551. The maximum absolute atomic E-state index is 12.0. The molecule has 0 aromatic carbocycles. The monoisotopic (exact) mass is 265 g/mol. The fourth-order valence-corrected chi connectivity index (χ4v) is 2.32. The van der Waals surface area contributed by atoms with Crippen LogP contribution in [0.25, 0.3) is 0 Å². The number of fused-ring (bicyclic) bond motifs is 1. The van der Waals surface area contributed by atoms with Gasteiger partial charge in [0.1, 0.15) is 6.54 Å². The molecule has 0 radical (unpaired) electrons. The number of ether oxygens (including phenoxy) is 1. The van der Waals surface area contributed by atoms with Crippen molar-refractivity contribution < 1.29 is 14.3 Å². The van der Waals surface area contributed by atoms with Crippen molar-refractivity contribution in [3.05, 3.63) is 24.0 Å². The predicted octanol–water partition coefficient (Wildman–Crippen LogP) is 1.14. The van der Waals surface area contributed by atoms with Crippen LogP contribution in [-0.4, -0.2) is 41.2 Å². The topological polar surface area (TPSA) is 63.6 Å². The van der Waals surface area contributed by atoms with Gasteiger partial charge in [-0.05, 0) is 26.0 Å². The first-order chi connectivity index (χ1) is 9.13. The summed E-state index contributed by atoms with van der Waals surface area (Å²) in [6.07, 6.45) is 2.01. The van der Waals surface area contributed by atoms with E-state index >= 15 is 0 Å². The van der Waals surface area contributed by atoms with Crippen LogP contribution in [0, 0.1) is 0 Å². The van der Waals surface area contributed by atoms with Crippen molar-refractivity contribution in [2.45, 2.75) is 26.4 Å². The van der Waals surface area contributed by atoms with Gasteiger partial charge in [-0.1, -0.05) is 0 Å². The zero-order valence-corrected chi connectivity index (χ0v) is 11.3. The number of hydrogen-bond acceptors (Lipinski definition) is 3. The van der Waals surface area contributed by atoms with Gasteiger partial charge in [0.05, 0.1) is 12.6 Å². The van der Waals surface area contributed by atoms with Crippen LogP contribution in [0.1, 0.15) is 25.6 Å². The van der Waals surface area contributed by atoms with Gasteiger partial charge in [-0.3, -0.25) is 4.79 Å². The zero-order valence-electron chi connectivity index (χ0n) is 11.3. The summed E-state index contributed by atoms with van der Waals surface area (Å²) >= 11 is 0. The Balaban J connectivity index is 1.92. The fraction of sp³-hybridized carbons (Fsp3) is 0.538. The van der Waals surface area contributed by atoms with Crippen LogP contribution in [0.4, 0.5) is 4.79 Å². The van der Waals surface area contributed by atoms with E-state index in [1.807, 2.05) is 25.3 Å². The van der Waals surface area contributed by atoms with Gasteiger partial charge in [0, 0.05) is 25.0 Å². The highest BCUT2D eigenvalue weighted by Crippen LogP contribution is 2.24. The number of carbonyl (C=O) groups excluding carboxylic acids is 2. The molecule has 2 amide bonds. The molecule has 6 nitrogen and oxygen atoms in total. The number of amides is 2. The van der Waals surface area contributed by atoms with Crippen molar-refractivity contribution in [3.8, 4) is 0 Å². The second kappa shape index (κ2) is 5.77. The van der Waals surface area contributed by atoms with E-state index in [2.05, 4.69) is 9.88 Å². The van der Waals surface area contributed by atoms with E-state index < -0.39 is 5.97 Å². The number of urea groups is 1. The molecular weight excluding hydrogens is 246 g/mol. The van der Waals surface area contributed by atoms with Gasteiger partial charge >= 0.3 is 12.0 Å². The molecule has 0 aliphatic carbocycles. The molecular formula is C13H19N3O3. The molecule has 0 bridgehead atoms. The molecule has 1 atom stereocenters. The molecule has 0 saturated carbocycles. The minimum atomic E-state index is -0.413. The lowest BCUT2D eigenvalue weighted by molar-refractivity contribution is -0.141. The Morgan fingerprint density at radius 3 is 3.00 bits per heavy atom. The van der Waals surface area contributed by atoms with Crippen molar-refractivity contribution in [2.75, 3.05) is 19.7 Å². The van der Waals surface area contributed by atoms with Gasteiger partial charge in [0.25, 0.3) is 0 Å². The van der Waals surface area contributed by atoms with Crippen molar-refractivity contribution in [2.24, 2.45) is 0 Å². The summed E-state index contributed by atoms with van der Waals surface area (Å²) in [7, 11) is 0. The summed E-state index contributed by atoms with van der Waals surface area (Å²) in [5, 5.41) is 2.59. The summed E-state index contributed by atoms with van der Waals surface area (Å²) in [6, 6.07) is 3.76. The molecule has 2 rings (SSSR count). The quantitative estimate of drug-likeness (QED) is 0.833. The number of nitrogens with one attached hydrogen (secondary N) is 1. The number of esters is 1. The zero-order chi connectivity index (χ0) is 13.8. The lowest BCUT2D eigenvalue weighted by Gasteiger charge is -2.34. The van der Waals surface area contributed by atoms with Crippen molar-refractivity contribution in [1.29, 1.82) is 0 Å². The van der Waals surface area contributed by atoms with Crippen molar-refractivity contribution >= 4 is 12.0 Å². The van der Waals surface area contributed by atoms with E-state index in [4.69, 9.17) is 4.74 Å². The number of nitrogens with zero attached hydrogens (tertiary/aromatic N) is 2. The highest BCUT2D eigenvalue weighted by Gasteiger charge is 2.27. The molecule has 104 valence electrons. The van der Waals surface area contributed by atoms with E-state index in [1.54, 1.807) is 11.8 Å². The molecule has 6 heteroatoms. The van der Waals surface area contributed by atoms with Crippen LogP contribution in [0.5, 0.6) is 0 Å². The first kappa shape index (κ1) is 13.5. The highest BCUT2D eigenvalue weighted by molar-refractivity contribution is 5.81. The molecule has 19 heavy (non-hydrogen) atoms. The smallest absolute Gasteiger partial charge is 0.325 e. The van der Waals surface area contributed by atoms with Crippen LogP contribution in [0.3, 0.4) is 0 Å². The number of hydrogen-bond donors (Lipinski definition) is 1. The lowest BCUT2D eigenvalue weighted by atomic mass is 10.1. The molecule has 1 aromatic heterocycles. The average molecular weight is 265 g/mol. The van der Waals surface area contributed by atoms with Crippen LogP contribution < -0.4 is 5.32 Å². The molecule has 1 aliphatic rings. The third-order valence-electron chi connectivity index (χ3n) is 3.29. The number of carbonyl (C=O) groups is 2. The van der Waals surface area contributed by atoms with E-state index in [9.17, 15) is 9.59 Å². The summed E-state index contributed by atoms with van der Waals surface area (Å²) in [4.78, 5) is 25.0. The number of aromatic nitrogens is 1. The Kier molecular flexibility index (Phi) is 4.09. The Morgan fingerprint density at radius 2 is 2.26 bits per heavy atom. The van der Waals surface area contributed by atoms with E-state index in [-0.39, 0.29) is 18.6 Å². The Bertz CT molecular complexity index is 469. The predicted molar refractivity (Wildman–Crippen MR) is 69.6 cm³/mol. The second-order valence-electron chi connectivity index (χ2n) is 4.46. The Hall–Kier alpha value is -1.98. The van der Waals surface area contributed by atoms with Gasteiger partial charge in [0.15, 0.2) is 0 Å². The Labute approximate surface area is 112 Å². The molecule has 1 N–H and O–H groups in total. The van der Waals surface area contributed by atoms with Gasteiger partial charge in [-0.15, -0.1) is 0 Å². The van der Waals surface area contributed by atoms with Gasteiger partial charge < -0.3 is 19.5 Å². The molecule has 1 aliphatic heterocycles.